The maximum absolute atomic E-state index is 13.0. The van der Waals surface area contributed by atoms with Crippen molar-refractivity contribution in [2.45, 2.75) is 134 Å². The third-order valence-corrected chi connectivity index (χ3v) is 12.6. The van der Waals surface area contributed by atoms with Crippen LogP contribution in [0.3, 0.4) is 0 Å². The molecule has 9 N–H and O–H groups in total. The van der Waals surface area contributed by atoms with Gasteiger partial charge in [0, 0.05) is 60.9 Å². The summed E-state index contributed by atoms with van der Waals surface area (Å²) in [5, 5.41) is 40.8. The number of amides is 5. The van der Waals surface area contributed by atoms with Crippen molar-refractivity contribution in [2.75, 3.05) is 31.6 Å². The number of nitrogens with one attached hydrogen (secondary N) is 4. The largest absolute Gasteiger partial charge is 0.394 e. The Balaban J connectivity index is 1.08. The molecule has 66 heavy (non-hydrogen) atoms. The van der Waals surface area contributed by atoms with Crippen LogP contribution in [0.4, 0.5) is 11.4 Å². The zero-order chi connectivity index (χ0) is 48.5. The van der Waals surface area contributed by atoms with E-state index in [1.54, 1.807) is 0 Å². The molecule has 5 rings (SSSR count). The second-order valence-electron chi connectivity index (χ2n) is 18.2. The van der Waals surface area contributed by atoms with E-state index < -0.39 is 79.1 Å². The van der Waals surface area contributed by atoms with Crippen LogP contribution >= 0.6 is 0 Å². The first-order valence-corrected chi connectivity index (χ1v) is 22.6. The molecule has 0 unspecified atom stereocenters. The van der Waals surface area contributed by atoms with Crippen LogP contribution in [0.5, 0.6) is 0 Å². The average molecular weight is 915 g/mol. The Bertz CT molecular complexity index is 2240. The van der Waals surface area contributed by atoms with Gasteiger partial charge in [0.1, 0.15) is 49.6 Å². The average Bonchev–Trinajstić information content (AvgIpc) is 3.60. The summed E-state index contributed by atoms with van der Waals surface area (Å²) in [6.45, 7) is 13.3. The number of benzene rings is 2. The van der Waals surface area contributed by atoms with Crippen LogP contribution in [0.2, 0.25) is 0 Å². The van der Waals surface area contributed by atoms with Gasteiger partial charge in [-0.05, 0) is 64.7 Å². The lowest BCUT2D eigenvalue weighted by atomic mass is 9.81. The highest BCUT2D eigenvalue weighted by molar-refractivity contribution is 6.03. The van der Waals surface area contributed by atoms with Gasteiger partial charge in [-0.2, -0.15) is 4.58 Å². The van der Waals surface area contributed by atoms with Gasteiger partial charge in [0.2, 0.25) is 35.2 Å². The van der Waals surface area contributed by atoms with Gasteiger partial charge in [-0.1, -0.05) is 68.5 Å². The predicted octanol–water partition coefficient (Wildman–Crippen LogP) is 1.99. The van der Waals surface area contributed by atoms with Gasteiger partial charge in [-0.25, -0.2) is 0 Å². The van der Waals surface area contributed by atoms with E-state index in [-0.39, 0.29) is 29.6 Å². The minimum absolute atomic E-state index is 0.0778. The lowest BCUT2D eigenvalue weighted by Crippen LogP contribution is -2.65. The Kier molecular flexibility index (Phi) is 17.2. The van der Waals surface area contributed by atoms with Gasteiger partial charge in [-0.3, -0.25) is 24.0 Å². The van der Waals surface area contributed by atoms with Crippen molar-refractivity contribution in [3.8, 4) is 0 Å². The van der Waals surface area contributed by atoms with Crippen molar-refractivity contribution in [1.82, 2.24) is 21.3 Å². The molecule has 0 bridgehead atoms. The first kappa shape index (κ1) is 51.3. The maximum atomic E-state index is 13.0. The van der Waals surface area contributed by atoms with E-state index in [1.807, 2.05) is 6.07 Å². The molecular weight excluding hydrogens is 847 g/mol. The number of primary amides is 1. The predicted molar refractivity (Wildman–Crippen MR) is 250 cm³/mol. The molecule has 1 fully saturated rings. The lowest BCUT2D eigenvalue weighted by Gasteiger charge is -2.43. The molecular formula is C49H68N7O10+. The van der Waals surface area contributed by atoms with Crippen molar-refractivity contribution in [1.29, 1.82) is 0 Å². The normalized spacial score (nSPS) is 23.9. The summed E-state index contributed by atoms with van der Waals surface area (Å²) in [4.78, 5) is 65.3. The van der Waals surface area contributed by atoms with Crippen LogP contribution in [0.25, 0.3) is 0 Å². The highest BCUT2D eigenvalue weighted by Crippen LogP contribution is 2.47. The number of fused-ring (bicyclic) bond motifs is 2. The second kappa shape index (κ2) is 22.2. The van der Waals surface area contributed by atoms with E-state index >= 15 is 0 Å². The van der Waals surface area contributed by atoms with E-state index in [1.165, 1.54) is 49.0 Å². The van der Waals surface area contributed by atoms with Gasteiger partial charge in [-0.15, -0.1) is 0 Å². The molecule has 2 aromatic rings. The highest BCUT2D eigenvalue weighted by Gasteiger charge is 2.47. The fraction of sp³-hybridized carbons (Fsp3) is 0.510. The Hall–Kier alpha value is -5.72. The van der Waals surface area contributed by atoms with Crippen LogP contribution in [-0.4, -0.2) is 131 Å². The zero-order valence-electron chi connectivity index (χ0n) is 39.2. The number of rotatable bonds is 20. The van der Waals surface area contributed by atoms with Crippen molar-refractivity contribution in [3.05, 3.63) is 95.7 Å². The fourth-order valence-electron chi connectivity index (χ4n) is 8.94. The number of carbonyl (C=O) groups excluding carboxylic acids is 5. The number of para-hydroxylation sites is 2. The van der Waals surface area contributed by atoms with Crippen LogP contribution in [0.1, 0.15) is 85.3 Å². The molecule has 0 radical (unpaired) electrons. The molecule has 0 aromatic heterocycles. The number of unbranched alkanes of at least 4 members (excludes halogenated alkanes) is 1. The van der Waals surface area contributed by atoms with Crippen molar-refractivity contribution < 1.29 is 53.3 Å². The van der Waals surface area contributed by atoms with Gasteiger partial charge >= 0.3 is 0 Å². The van der Waals surface area contributed by atoms with E-state index in [0.717, 1.165) is 18.7 Å². The summed E-state index contributed by atoms with van der Waals surface area (Å²) in [5.41, 5.74) is 12.6. The number of aliphatic hydroxyl groups excluding tert-OH is 3. The third kappa shape index (κ3) is 11.8. The number of ether oxygens (including phenoxy) is 2. The number of nitrogens with two attached hydrogens (primary N) is 1. The Morgan fingerprint density at radius 1 is 0.924 bits per heavy atom. The summed E-state index contributed by atoms with van der Waals surface area (Å²) in [6, 6.07) is 13.2. The molecule has 8 atom stereocenters. The molecule has 358 valence electrons. The summed E-state index contributed by atoms with van der Waals surface area (Å²) in [5.74, 6) is -3.30. The topological polar surface area (TPSA) is 245 Å². The van der Waals surface area contributed by atoms with Gasteiger partial charge < -0.3 is 56.7 Å². The standard InChI is InChI=1S/C49H67N7O10/c1-29(52-46(63)30(2)65-43-41(53-31(3)58)47(64)66-37(28-57)42(43)60)45(62)54-34(44(50)61)24-25-40(59)51-26-16-17-27-56-36-21-15-13-19-33(36)49(6,7)39(56)23-11-9-10-22-38-48(4,5)32-18-12-14-20-35(32)55(38)8/h9-15,18-23,29-30,34,37,41-43,47,57,60,64H,16-17,24-28H2,1-8H3,(H5-,50,51,52,53,54,58,59,61,62,63)/p+1/t29-,30+,34+,37+,41+,42+,43+,47+/m0/s1. The van der Waals surface area contributed by atoms with E-state index in [2.05, 4.69) is 138 Å². The molecule has 3 aliphatic heterocycles. The molecule has 0 spiro atoms. The van der Waals surface area contributed by atoms with Crippen molar-refractivity contribution in [2.24, 2.45) is 5.73 Å². The number of carbonyl (C=O) groups is 5. The summed E-state index contributed by atoms with van der Waals surface area (Å²) in [7, 11) is 2.11. The summed E-state index contributed by atoms with van der Waals surface area (Å²) < 4.78 is 13.1. The number of anilines is 1. The molecule has 3 heterocycles. The minimum Gasteiger partial charge on any atom is -0.394 e. The molecule has 0 saturated carbocycles. The van der Waals surface area contributed by atoms with E-state index in [4.69, 9.17) is 15.2 Å². The van der Waals surface area contributed by atoms with Crippen LogP contribution in [0.15, 0.2) is 84.6 Å². The summed E-state index contributed by atoms with van der Waals surface area (Å²) >= 11 is 0. The first-order chi connectivity index (χ1) is 31.2. The van der Waals surface area contributed by atoms with Crippen molar-refractivity contribution >= 4 is 46.6 Å². The number of hydrogen-bond acceptors (Lipinski definition) is 11. The highest BCUT2D eigenvalue weighted by atomic mass is 16.6. The number of allylic oxidation sites excluding steroid dienone is 6. The van der Waals surface area contributed by atoms with Crippen LogP contribution < -0.4 is 31.9 Å². The smallest absolute Gasteiger partial charge is 0.249 e. The second-order valence-corrected chi connectivity index (χ2v) is 18.2. The fourth-order valence-corrected chi connectivity index (χ4v) is 8.94. The Morgan fingerprint density at radius 2 is 1.61 bits per heavy atom. The number of hydrogen-bond donors (Lipinski definition) is 8. The summed E-state index contributed by atoms with van der Waals surface area (Å²) in [6.07, 6.45) is 4.79. The maximum Gasteiger partial charge on any atom is 0.249 e. The number of aliphatic hydroxyl groups is 3. The van der Waals surface area contributed by atoms with E-state index in [0.29, 0.717) is 13.0 Å². The van der Waals surface area contributed by atoms with Crippen LogP contribution in [-0.2, 0) is 44.3 Å². The van der Waals surface area contributed by atoms with Crippen molar-refractivity contribution in [3.63, 3.8) is 0 Å². The third-order valence-electron chi connectivity index (χ3n) is 12.6. The Labute approximate surface area is 387 Å². The molecule has 17 heteroatoms. The molecule has 5 amide bonds. The van der Waals surface area contributed by atoms with Gasteiger partial charge in [0.05, 0.1) is 12.0 Å². The molecule has 0 aliphatic carbocycles. The zero-order valence-corrected chi connectivity index (χ0v) is 39.2. The number of nitrogens with zero attached hydrogens (tertiary/aromatic N) is 2. The Morgan fingerprint density at radius 3 is 2.27 bits per heavy atom. The SMILES string of the molecule is CC(=O)N[C@@H]1[C@@H](O[C@H](C)C(=O)N[C@@H](C)C(=O)N[C@H](CCC(=O)NCCCCN2/C(=C/C=C/C=C/C3=[N+](C)c4ccccc4C3(C)C)C(C)(C)c3ccccc32)C(N)=O)[C@H](O)[C@@H](CO)O[C@H]1O. The quantitative estimate of drug-likeness (QED) is 0.0543. The molecule has 3 aliphatic rings. The van der Waals surface area contributed by atoms with E-state index in [9.17, 15) is 39.3 Å². The van der Waals surface area contributed by atoms with Gasteiger partial charge in [0.15, 0.2) is 12.0 Å². The lowest BCUT2D eigenvalue weighted by molar-refractivity contribution is -0.401. The molecule has 2 aromatic carbocycles. The molecule has 17 nitrogen and oxygen atoms in total. The monoisotopic (exact) mass is 915 g/mol. The molecule has 1 saturated heterocycles. The first-order valence-electron chi connectivity index (χ1n) is 22.6. The van der Waals surface area contributed by atoms with Crippen LogP contribution in [0, 0.1) is 0 Å². The minimum atomic E-state index is -1.66. The van der Waals surface area contributed by atoms with Gasteiger partial charge in [0.25, 0.3) is 0 Å².